The predicted molar refractivity (Wildman–Crippen MR) is 90.5 cm³/mol. The minimum atomic E-state index is 0.505. The minimum absolute atomic E-state index is 0.505. The summed E-state index contributed by atoms with van der Waals surface area (Å²) < 4.78 is 7.61. The fraction of sp³-hybridized carbons (Fsp3) is 0.133. The van der Waals surface area contributed by atoms with Crippen molar-refractivity contribution in [3.05, 3.63) is 56.5 Å². The van der Waals surface area contributed by atoms with Crippen LogP contribution >= 0.6 is 31.9 Å². The molecule has 0 amide bonds. The molecule has 0 atom stereocenters. The summed E-state index contributed by atoms with van der Waals surface area (Å²) in [5, 5.41) is 14.0. The third-order valence-corrected chi connectivity index (χ3v) is 4.41. The first kappa shape index (κ1) is 15.2. The highest BCUT2D eigenvalue weighted by atomic mass is 79.9. The van der Waals surface area contributed by atoms with Crippen molar-refractivity contribution in [2.75, 3.05) is 0 Å². The van der Waals surface area contributed by atoms with Gasteiger partial charge in [0.1, 0.15) is 12.4 Å². The smallest absolute Gasteiger partial charge is 0.204 e. The molecule has 112 valence electrons. The molecular weight excluding hydrogens is 412 g/mol. The Bertz CT molecular complexity index is 767. The Morgan fingerprint density at radius 3 is 2.50 bits per heavy atom. The Morgan fingerprint density at radius 2 is 1.86 bits per heavy atom. The maximum absolute atomic E-state index is 5.95. The maximum Gasteiger partial charge on any atom is 0.204 e. The third kappa shape index (κ3) is 3.20. The Kier molecular flexibility index (Phi) is 4.54. The van der Waals surface area contributed by atoms with Gasteiger partial charge in [-0.25, -0.2) is 0 Å². The van der Waals surface area contributed by atoms with Crippen LogP contribution in [-0.2, 0) is 6.61 Å². The number of hydrogen-bond donors (Lipinski definition) is 1. The number of benzene rings is 2. The largest absolute Gasteiger partial charge is 0.487 e. The number of aryl methyl sites for hydroxylation is 1. The fourth-order valence-corrected chi connectivity index (χ4v) is 3.45. The number of hydrogen-bond acceptors (Lipinski definition) is 4. The molecule has 0 aliphatic heterocycles. The molecule has 2 aromatic carbocycles. The monoisotopic (exact) mass is 422 g/mol. The molecule has 5 nitrogen and oxygen atoms in total. The zero-order chi connectivity index (χ0) is 15.5. The Hall–Kier alpha value is -1.73. The summed E-state index contributed by atoms with van der Waals surface area (Å²) in [6.07, 6.45) is 0. The Labute approximate surface area is 144 Å². The fourth-order valence-electron chi connectivity index (χ4n) is 2.03. The SMILES string of the molecule is Cc1ccccc1COc1c(Br)cc(-c2nn[nH]n2)cc1Br. The van der Waals surface area contributed by atoms with Gasteiger partial charge in [0.15, 0.2) is 0 Å². The van der Waals surface area contributed by atoms with Gasteiger partial charge in [-0.2, -0.15) is 5.21 Å². The van der Waals surface area contributed by atoms with Crippen molar-refractivity contribution in [2.45, 2.75) is 13.5 Å². The standard InChI is InChI=1S/C15H12Br2N4O/c1-9-4-2-3-5-10(9)8-22-14-12(16)6-11(7-13(14)17)15-18-20-21-19-15/h2-7H,8H2,1H3,(H,18,19,20,21). The highest BCUT2D eigenvalue weighted by molar-refractivity contribution is 9.11. The first-order valence-corrected chi connectivity index (χ1v) is 8.14. The van der Waals surface area contributed by atoms with Crippen LogP contribution < -0.4 is 4.74 Å². The van der Waals surface area contributed by atoms with Gasteiger partial charge in [-0.3, -0.25) is 0 Å². The second-order valence-corrected chi connectivity index (χ2v) is 6.43. The van der Waals surface area contributed by atoms with E-state index in [-0.39, 0.29) is 0 Å². The average Bonchev–Trinajstić information content (AvgIpc) is 3.02. The molecule has 0 saturated carbocycles. The van der Waals surface area contributed by atoms with E-state index < -0.39 is 0 Å². The van der Waals surface area contributed by atoms with Crippen molar-refractivity contribution in [1.82, 2.24) is 20.6 Å². The van der Waals surface area contributed by atoms with E-state index in [2.05, 4.69) is 71.5 Å². The normalized spacial score (nSPS) is 10.7. The average molecular weight is 424 g/mol. The van der Waals surface area contributed by atoms with Gasteiger partial charge in [0, 0.05) is 5.56 Å². The molecule has 0 bridgehead atoms. The molecule has 0 fully saturated rings. The van der Waals surface area contributed by atoms with Crippen LogP contribution in [0.4, 0.5) is 0 Å². The number of tetrazole rings is 1. The van der Waals surface area contributed by atoms with Crippen LogP contribution in [0.3, 0.4) is 0 Å². The third-order valence-electron chi connectivity index (χ3n) is 3.24. The minimum Gasteiger partial charge on any atom is -0.487 e. The van der Waals surface area contributed by atoms with Crippen molar-refractivity contribution in [1.29, 1.82) is 0 Å². The molecule has 1 N–H and O–H groups in total. The van der Waals surface area contributed by atoms with Gasteiger partial charge in [-0.1, -0.05) is 24.3 Å². The maximum atomic E-state index is 5.95. The number of nitrogens with one attached hydrogen (secondary N) is 1. The summed E-state index contributed by atoms with van der Waals surface area (Å²) in [5.74, 6) is 1.28. The van der Waals surface area contributed by atoms with Crippen LogP contribution in [0, 0.1) is 6.92 Å². The van der Waals surface area contributed by atoms with E-state index in [0.717, 1.165) is 25.8 Å². The van der Waals surface area contributed by atoms with E-state index in [9.17, 15) is 0 Å². The summed E-state index contributed by atoms with van der Waals surface area (Å²) in [5.41, 5.74) is 3.21. The molecule has 0 spiro atoms. The summed E-state index contributed by atoms with van der Waals surface area (Å²) in [4.78, 5) is 0. The number of aromatic amines is 1. The van der Waals surface area contributed by atoms with E-state index in [4.69, 9.17) is 4.74 Å². The number of H-pyrrole nitrogens is 1. The lowest BCUT2D eigenvalue weighted by Gasteiger charge is -2.12. The Morgan fingerprint density at radius 1 is 1.14 bits per heavy atom. The van der Waals surface area contributed by atoms with Crippen molar-refractivity contribution in [2.24, 2.45) is 0 Å². The molecule has 3 aromatic rings. The summed E-state index contributed by atoms with van der Waals surface area (Å²) in [6.45, 7) is 2.58. The van der Waals surface area contributed by atoms with E-state index >= 15 is 0 Å². The number of nitrogens with zero attached hydrogens (tertiary/aromatic N) is 3. The lowest BCUT2D eigenvalue weighted by Crippen LogP contribution is -1.99. The molecule has 0 saturated heterocycles. The first-order chi connectivity index (χ1) is 10.6. The zero-order valence-corrected chi connectivity index (χ0v) is 14.8. The molecule has 7 heteroatoms. The van der Waals surface area contributed by atoms with E-state index in [1.165, 1.54) is 5.56 Å². The lowest BCUT2D eigenvalue weighted by atomic mass is 10.1. The molecule has 22 heavy (non-hydrogen) atoms. The van der Waals surface area contributed by atoms with Crippen molar-refractivity contribution >= 4 is 31.9 Å². The second kappa shape index (κ2) is 6.58. The van der Waals surface area contributed by atoms with Crippen LogP contribution in [0.2, 0.25) is 0 Å². The summed E-state index contributed by atoms with van der Waals surface area (Å²) in [6, 6.07) is 12.0. The molecule has 0 radical (unpaired) electrons. The topological polar surface area (TPSA) is 63.7 Å². The van der Waals surface area contributed by atoms with Gasteiger partial charge in [0.05, 0.1) is 8.95 Å². The van der Waals surface area contributed by atoms with Gasteiger partial charge in [0.25, 0.3) is 0 Å². The summed E-state index contributed by atoms with van der Waals surface area (Å²) >= 11 is 7.07. The molecule has 1 heterocycles. The van der Waals surface area contributed by atoms with Crippen molar-refractivity contribution in [3.8, 4) is 17.1 Å². The van der Waals surface area contributed by atoms with Crippen LogP contribution in [0.1, 0.15) is 11.1 Å². The number of rotatable bonds is 4. The highest BCUT2D eigenvalue weighted by Crippen LogP contribution is 2.37. The van der Waals surface area contributed by atoms with Gasteiger partial charge >= 0.3 is 0 Å². The predicted octanol–water partition coefficient (Wildman–Crippen LogP) is 4.28. The van der Waals surface area contributed by atoms with Crippen LogP contribution in [0.15, 0.2) is 45.3 Å². The number of aromatic nitrogens is 4. The molecule has 0 aliphatic rings. The number of ether oxygens (including phenoxy) is 1. The van der Waals surface area contributed by atoms with E-state index in [1.54, 1.807) is 0 Å². The zero-order valence-electron chi connectivity index (χ0n) is 11.7. The second-order valence-electron chi connectivity index (χ2n) is 4.72. The Balaban J connectivity index is 1.84. The number of halogens is 2. The molecule has 1 aromatic heterocycles. The summed E-state index contributed by atoms with van der Waals surface area (Å²) in [7, 11) is 0. The lowest BCUT2D eigenvalue weighted by molar-refractivity contribution is 0.301. The van der Waals surface area contributed by atoms with Gasteiger partial charge in [-0.05, 0) is 67.3 Å². The molecule has 0 unspecified atom stereocenters. The van der Waals surface area contributed by atoms with E-state index in [0.29, 0.717) is 12.4 Å². The van der Waals surface area contributed by atoms with Crippen LogP contribution in [-0.4, -0.2) is 20.6 Å². The molecule has 0 aliphatic carbocycles. The molecular formula is C15H12Br2N4O. The van der Waals surface area contributed by atoms with E-state index in [1.807, 2.05) is 24.3 Å². The first-order valence-electron chi connectivity index (χ1n) is 6.55. The van der Waals surface area contributed by atoms with Gasteiger partial charge in [-0.15, -0.1) is 10.2 Å². The van der Waals surface area contributed by atoms with Crippen molar-refractivity contribution in [3.63, 3.8) is 0 Å². The highest BCUT2D eigenvalue weighted by Gasteiger charge is 2.13. The van der Waals surface area contributed by atoms with Crippen LogP contribution in [0.25, 0.3) is 11.4 Å². The van der Waals surface area contributed by atoms with Crippen molar-refractivity contribution < 1.29 is 4.74 Å². The molecule has 3 rings (SSSR count). The quantitative estimate of drug-likeness (QED) is 0.680. The van der Waals surface area contributed by atoms with Gasteiger partial charge in [0.2, 0.25) is 5.82 Å². The van der Waals surface area contributed by atoms with Crippen LogP contribution in [0.5, 0.6) is 5.75 Å². The van der Waals surface area contributed by atoms with Gasteiger partial charge < -0.3 is 4.74 Å².